The lowest BCUT2D eigenvalue weighted by atomic mass is 10.0. The van der Waals surface area contributed by atoms with Gasteiger partial charge in [-0.3, -0.25) is 19.0 Å². The summed E-state index contributed by atoms with van der Waals surface area (Å²) < 4.78 is 44.3. The third-order valence-corrected chi connectivity index (χ3v) is 6.76. The number of rotatable bonds is 5. The Morgan fingerprint density at radius 3 is 2.53 bits per heavy atom. The van der Waals surface area contributed by atoms with E-state index < -0.39 is 23.7 Å². The highest BCUT2D eigenvalue weighted by molar-refractivity contribution is 9.10. The van der Waals surface area contributed by atoms with Gasteiger partial charge in [-0.15, -0.1) is 11.3 Å². The zero-order chi connectivity index (χ0) is 24.9. The van der Waals surface area contributed by atoms with Crippen LogP contribution in [0.4, 0.5) is 18.9 Å². The molecule has 0 fully saturated rings. The number of carbonyl (C=O) groups excluding carboxylic acids is 2. The number of pyridine rings is 1. The van der Waals surface area contributed by atoms with Crippen molar-refractivity contribution < 1.29 is 22.8 Å². The molecular weight excluding hydrogens is 539 g/mol. The highest BCUT2D eigenvalue weighted by Gasteiger charge is 2.35. The Hall–Kier alpha value is -3.26. The maximum Gasteiger partial charge on any atom is 0.433 e. The summed E-state index contributed by atoms with van der Waals surface area (Å²) in [6.45, 7) is 4.00. The molecule has 0 aliphatic rings. The van der Waals surface area contributed by atoms with Crippen LogP contribution in [0.3, 0.4) is 0 Å². The average molecular weight is 556 g/mol. The molecule has 0 atom stereocenters. The number of thiophene rings is 1. The van der Waals surface area contributed by atoms with Crippen molar-refractivity contribution in [1.29, 1.82) is 0 Å². The molecular formula is C20H17BrF3N7O2S. The van der Waals surface area contributed by atoms with Gasteiger partial charge in [0.2, 0.25) is 0 Å². The first kappa shape index (κ1) is 23.9. The van der Waals surface area contributed by atoms with Gasteiger partial charge in [-0.05, 0) is 41.4 Å². The van der Waals surface area contributed by atoms with Crippen LogP contribution in [0, 0.1) is 6.92 Å². The van der Waals surface area contributed by atoms with Crippen molar-refractivity contribution in [3.05, 3.63) is 44.9 Å². The lowest BCUT2D eigenvalue weighted by molar-refractivity contribution is -0.140. The monoisotopic (exact) mass is 555 g/mol. The van der Waals surface area contributed by atoms with Crippen molar-refractivity contribution >= 4 is 55.0 Å². The molecule has 34 heavy (non-hydrogen) atoms. The molecule has 0 aromatic carbocycles. The van der Waals surface area contributed by atoms with E-state index in [-0.39, 0.29) is 32.0 Å². The van der Waals surface area contributed by atoms with Crippen LogP contribution >= 0.6 is 27.3 Å². The number of nitrogens with one attached hydrogen (secondary N) is 1. The molecule has 14 heteroatoms. The van der Waals surface area contributed by atoms with E-state index in [0.717, 1.165) is 6.07 Å². The fraction of sp³-hybridized carbons (Fsp3) is 0.250. The van der Waals surface area contributed by atoms with Gasteiger partial charge in [-0.1, -0.05) is 0 Å². The Labute approximate surface area is 202 Å². The van der Waals surface area contributed by atoms with Gasteiger partial charge in [0.15, 0.2) is 0 Å². The Bertz CT molecular complexity index is 1440. The van der Waals surface area contributed by atoms with Crippen molar-refractivity contribution in [2.45, 2.75) is 26.6 Å². The molecule has 0 saturated heterocycles. The summed E-state index contributed by atoms with van der Waals surface area (Å²) in [6.07, 6.45) is -1.71. The summed E-state index contributed by atoms with van der Waals surface area (Å²) in [5, 5.41) is 11.1. The molecule has 3 N–H and O–H groups in total. The number of nitrogens with two attached hydrogens (primary N) is 1. The highest BCUT2D eigenvalue weighted by Crippen LogP contribution is 2.44. The minimum atomic E-state index is -4.74. The highest BCUT2D eigenvalue weighted by atomic mass is 79.9. The smallest absolute Gasteiger partial charge is 0.365 e. The van der Waals surface area contributed by atoms with Crippen molar-refractivity contribution in [1.82, 2.24) is 24.5 Å². The number of aromatic nitrogens is 5. The van der Waals surface area contributed by atoms with Gasteiger partial charge < -0.3 is 11.1 Å². The van der Waals surface area contributed by atoms with E-state index in [1.54, 1.807) is 24.9 Å². The van der Waals surface area contributed by atoms with E-state index in [2.05, 4.69) is 36.4 Å². The zero-order valence-corrected chi connectivity index (χ0v) is 20.4. The van der Waals surface area contributed by atoms with E-state index in [9.17, 15) is 22.8 Å². The minimum Gasteiger partial charge on any atom is -0.365 e. The van der Waals surface area contributed by atoms with E-state index in [1.807, 2.05) is 6.92 Å². The van der Waals surface area contributed by atoms with Crippen molar-refractivity contribution in [3.63, 3.8) is 0 Å². The number of anilines is 1. The van der Waals surface area contributed by atoms with Crippen LogP contribution in [-0.4, -0.2) is 36.4 Å². The van der Waals surface area contributed by atoms with Gasteiger partial charge in [0.05, 0.1) is 22.1 Å². The fourth-order valence-corrected chi connectivity index (χ4v) is 5.07. The second-order valence-corrected chi connectivity index (χ2v) is 9.16. The average Bonchev–Trinajstić information content (AvgIpc) is 3.41. The molecule has 2 amide bonds. The van der Waals surface area contributed by atoms with Crippen LogP contribution in [0.15, 0.2) is 22.9 Å². The first-order chi connectivity index (χ1) is 15.9. The van der Waals surface area contributed by atoms with Crippen molar-refractivity contribution in [2.75, 3.05) is 5.32 Å². The first-order valence-corrected chi connectivity index (χ1v) is 11.4. The molecule has 0 saturated carbocycles. The molecule has 0 radical (unpaired) electrons. The minimum absolute atomic E-state index is 0.0227. The number of hydrogen-bond acceptors (Lipinski definition) is 6. The third-order valence-electron chi connectivity index (χ3n) is 5.08. The van der Waals surface area contributed by atoms with Crippen molar-refractivity contribution in [2.24, 2.45) is 12.8 Å². The molecule has 0 spiro atoms. The van der Waals surface area contributed by atoms with E-state index in [0.29, 0.717) is 33.6 Å². The standard InChI is InChI=1S/C20H17BrF3N7O2S/c1-4-31-7-10(8(2)29-31)9-5-12(20(22,23)24)27-19-13(9)14(16(34-19)17(25)32)28-18(33)15-11(21)6-26-30(15)3/h5-7H,4H2,1-3H3,(H2,25,32)(H,28,33). The van der Waals surface area contributed by atoms with Gasteiger partial charge in [0.1, 0.15) is 21.1 Å². The quantitative estimate of drug-likeness (QED) is 0.379. The molecule has 4 aromatic heterocycles. The summed E-state index contributed by atoms with van der Waals surface area (Å²) >= 11 is 3.92. The number of amides is 2. The van der Waals surface area contributed by atoms with Crippen LogP contribution in [0.5, 0.6) is 0 Å². The molecule has 4 rings (SSSR count). The number of fused-ring (bicyclic) bond motifs is 1. The molecule has 9 nitrogen and oxygen atoms in total. The number of halogens is 4. The Balaban J connectivity index is 2.03. The van der Waals surface area contributed by atoms with Crippen LogP contribution < -0.4 is 11.1 Å². The Kier molecular flexibility index (Phi) is 5.97. The molecule has 4 aromatic rings. The van der Waals surface area contributed by atoms with E-state index in [1.165, 1.54) is 10.9 Å². The number of carbonyl (C=O) groups is 2. The summed E-state index contributed by atoms with van der Waals surface area (Å²) in [5.41, 5.74) is 5.52. The number of aryl methyl sites for hydroxylation is 3. The molecule has 0 unspecified atom stereocenters. The second-order valence-electron chi connectivity index (χ2n) is 7.31. The van der Waals surface area contributed by atoms with Gasteiger partial charge >= 0.3 is 6.18 Å². The molecule has 0 aliphatic heterocycles. The Morgan fingerprint density at radius 1 is 1.29 bits per heavy atom. The largest absolute Gasteiger partial charge is 0.433 e. The number of nitrogens with zero attached hydrogens (tertiary/aromatic N) is 5. The SMILES string of the molecule is CCn1cc(-c2cc(C(F)(F)F)nc3sc(C(N)=O)c(NC(=O)c4c(Br)cnn4C)c23)c(C)n1. The zero-order valence-electron chi connectivity index (χ0n) is 18.0. The maximum atomic E-state index is 13.7. The van der Waals surface area contributed by atoms with Crippen LogP contribution in [0.25, 0.3) is 21.3 Å². The first-order valence-electron chi connectivity index (χ1n) is 9.80. The van der Waals surface area contributed by atoms with Gasteiger partial charge in [0, 0.05) is 30.7 Å². The number of alkyl halides is 3. The lowest BCUT2D eigenvalue weighted by Crippen LogP contribution is -2.19. The fourth-order valence-electron chi connectivity index (χ4n) is 3.53. The Morgan fingerprint density at radius 2 is 2.00 bits per heavy atom. The van der Waals surface area contributed by atoms with E-state index >= 15 is 0 Å². The summed E-state index contributed by atoms with van der Waals surface area (Å²) in [6, 6.07) is 0.888. The summed E-state index contributed by atoms with van der Waals surface area (Å²) in [7, 11) is 1.55. The van der Waals surface area contributed by atoms with Gasteiger partial charge in [0.25, 0.3) is 11.8 Å². The maximum absolute atomic E-state index is 13.7. The van der Waals surface area contributed by atoms with Crippen molar-refractivity contribution in [3.8, 4) is 11.1 Å². The van der Waals surface area contributed by atoms with Gasteiger partial charge in [-0.2, -0.15) is 23.4 Å². The van der Waals surface area contributed by atoms with Crippen LogP contribution in [0.1, 0.15) is 38.5 Å². The normalized spacial score (nSPS) is 11.9. The predicted molar refractivity (Wildman–Crippen MR) is 124 cm³/mol. The predicted octanol–water partition coefficient (Wildman–Crippen LogP) is 4.35. The van der Waals surface area contributed by atoms with Crippen LogP contribution in [-0.2, 0) is 19.8 Å². The summed E-state index contributed by atoms with van der Waals surface area (Å²) in [5.74, 6) is -1.55. The lowest BCUT2D eigenvalue weighted by Gasteiger charge is -2.12. The summed E-state index contributed by atoms with van der Waals surface area (Å²) in [4.78, 5) is 28.8. The van der Waals surface area contributed by atoms with Crippen LogP contribution in [0.2, 0.25) is 0 Å². The van der Waals surface area contributed by atoms with Gasteiger partial charge in [-0.25, -0.2) is 4.98 Å². The van der Waals surface area contributed by atoms with E-state index in [4.69, 9.17) is 5.73 Å². The third kappa shape index (κ3) is 4.07. The number of primary amides is 1. The topological polar surface area (TPSA) is 121 Å². The second kappa shape index (κ2) is 8.51. The molecule has 4 heterocycles. The molecule has 178 valence electrons. The number of hydrogen-bond donors (Lipinski definition) is 2. The molecule has 0 aliphatic carbocycles. The molecule has 0 bridgehead atoms.